The molecule has 0 bridgehead atoms. The smallest absolute Gasteiger partial charge is 0.335 e. The van der Waals surface area contributed by atoms with Crippen LogP contribution in [0.15, 0.2) is 60.2 Å². The molecular weight excluding hydrogens is 520 g/mol. The van der Waals surface area contributed by atoms with Gasteiger partial charge < -0.3 is 4.74 Å². The molecule has 0 unspecified atom stereocenters. The minimum atomic E-state index is -0.965. The fraction of sp³-hybridized carbons (Fsp3) is 0.0800. The van der Waals surface area contributed by atoms with Crippen molar-refractivity contribution in [3.05, 3.63) is 102 Å². The highest BCUT2D eigenvalue weighted by Crippen LogP contribution is 2.37. The minimum Gasteiger partial charge on any atom is -0.449 e. The monoisotopic (exact) mass is 536 g/mol. The zero-order valence-corrected chi connectivity index (χ0v) is 20.5. The number of halogens is 1. The van der Waals surface area contributed by atoms with E-state index in [9.17, 15) is 34.6 Å². The maximum absolute atomic E-state index is 13.3. The van der Waals surface area contributed by atoms with E-state index in [1.807, 2.05) is 6.92 Å². The van der Waals surface area contributed by atoms with E-state index in [2.05, 4.69) is 5.32 Å². The normalized spacial score (nSPS) is 14.4. The third kappa shape index (κ3) is 5.06. The first kappa shape index (κ1) is 26.0. The van der Waals surface area contributed by atoms with E-state index >= 15 is 0 Å². The van der Waals surface area contributed by atoms with Gasteiger partial charge in [0.25, 0.3) is 17.5 Å². The molecular formula is C25H17ClN4O8. The van der Waals surface area contributed by atoms with Crippen LogP contribution >= 0.6 is 11.6 Å². The van der Waals surface area contributed by atoms with Crippen LogP contribution in [0.2, 0.25) is 5.02 Å². The topological polar surface area (TPSA) is 162 Å². The number of nitro groups is 2. The van der Waals surface area contributed by atoms with E-state index in [0.29, 0.717) is 0 Å². The second kappa shape index (κ2) is 10.1. The molecule has 13 heteroatoms. The molecule has 0 atom stereocenters. The first-order chi connectivity index (χ1) is 18.0. The molecule has 0 spiro atoms. The average Bonchev–Trinajstić information content (AvgIpc) is 2.85. The van der Waals surface area contributed by atoms with Crippen molar-refractivity contribution < 1.29 is 29.0 Å². The number of nitrogens with zero attached hydrogens (tertiary/aromatic N) is 3. The highest BCUT2D eigenvalue weighted by molar-refractivity contribution is 6.39. The van der Waals surface area contributed by atoms with E-state index in [-0.39, 0.29) is 27.8 Å². The van der Waals surface area contributed by atoms with Gasteiger partial charge in [0.1, 0.15) is 11.3 Å². The summed E-state index contributed by atoms with van der Waals surface area (Å²) in [6, 6.07) is 10.9. The van der Waals surface area contributed by atoms with E-state index in [1.165, 1.54) is 18.2 Å². The molecule has 1 fully saturated rings. The molecule has 0 aromatic heterocycles. The Morgan fingerprint density at radius 3 is 2.26 bits per heavy atom. The predicted molar refractivity (Wildman–Crippen MR) is 136 cm³/mol. The van der Waals surface area contributed by atoms with Gasteiger partial charge in [-0.2, -0.15) is 0 Å². The summed E-state index contributed by atoms with van der Waals surface area (Å²) in [5.74, 6) is -2.25. The number of carbonyl (C=O) groups excluding carboxylic acids is 3. The number of amides is 4. The molecule has 1 heterocycles. The summed E-state index contributed by atoms with van der Waals surface area (Å²) in [7, 11) is 0. The van der Waals surface area contributed by atoms with Crippen LogP contribution in [0.1, 0.15) is 16.7 Å². The van der Waals surface area contributed by atoms with Crippen molar-refractivity contribution in [1.82, 2.24) is 5.32 Å². The summed E-state index contributed by atoms with van der Waals surface area (Å²) in [5, 5.41) is 24.8. The van der Waals surface area contributed by atoms with Crippen LogP contribution in [0.25, 0.3) is 6.08 Å². The Kier molecular flexibility index (Phi) is 6.91. The standard InChI is InChI=1S/C25H17ClN4O8/c1-13-3-5-17(9-14(13)2)28-24(32)19(23(31)27-25(28)33)11-15-10-16(26)4-7-21(15)38-22-8-6-18(29(34)35)12-20(22)30(36)37/h3-12H,1-2H3,(H,27,31,33)/b19-11+. The number of imide groups is 2. The van der Waals surface area contributed by atoms with Crippen molar-refractivity contribution in [2.24, 2.45) is 0 Å². The number of benzene rings is 3. The van der Waals surface area contributed by atoms with E-state index < -0.39 is 44.6 Å². The lowest BCUT2D eigenvalue weighted by Crippen LogP contribution is -2.54. The Balaban J connectivity index is 1.77. The summed E-state index contributed by atoms with van der Waals surface area (Å²) in [4.78, 5) is 60.2. The highest BCUT2D eigenvalue weighted by Gasteiger charge is 2.37. The second-order valence-electron chi connectivity index (χ2n) is 8.18. The maximum atomic E-state index is 13.3. The Hall–Kier alpha value is -5.10. The molecule has 1 saturated heterocycles. The summed E-state index contributed by atoms with van der Waals surface area (Å²) >= 11 is 6.11. The molecule has 3 aromatic rings. The summed E-state index contributed by atoms with van der Waals surface area (Å²) in [6.45, 7) is 3.67. The zero-order chi connectivity index (χ0) is 27.7. The number of hydrogen-bond donors (Lipinski definition) is 1. The van der Waals surface area contributed by atoms with Crippen LogP contribution < -0.4 is 15.0 Å². The Morgan fingerprint density at radius 1 is 0.895 bits per heavy atom. The Bertz CT molecular complexity index is 1580. The molecule has 12 nitrogen and oxygen atoms in total. The van der Waals surface area contributed by atoms with Gasteiger partial charge in [0, 0.05) is 16.7 Å². The molecule has 1 aliphatic rings. The van der Waals surface area contributed by atoms with Crippen LogP contribution in [0.5, 0.6) is 11.5 Å². The molecule has 38 heavy (non-hydrogen) atoms. The van der Waals surface area contributed by atoms with Gasteiger partial charge in [-0.25, -0.2) is 9.69 Å². The molecule has 0 saturated carbocycles. The van der Waals surface area contributed by atoms with E-state index in [1.54, 1.807) is 25.1 Å². The third-order valence-electron chi connectivity index (χ3n) is 5.69. The molecule has 0 radical (unpaired) electrons. The maximum Gasteiger partial charge on any atom is 0.335 e. The minimum absolute atomic E-state index is 0.0471. The molecule has 192 valence electrons. The molecule has 4 amide bonds. The molecule has 1 aliphatic heterocycles. The van der Waals surface area contributed by atoms with Crippen LogP contribution in [-0.4, -0.2) is 27.7 Å². The van der Waals surface area contributed by atoms with E-state index in [4.69, 9.17) is 16.3 Å². The van der Waals surface area contributed by atoms with Crippen LogP contribution in [0.4, 0.5) is 21.9 Å². The number of carbonyl (C=O) groups is 3. The van der Waals surface area contributed by atoms with Crippen molar-refractivity contribution in [2.75, 3.05) is 4.90 Å². The van der Waals surface area contributed by atoms with Gasteiger partial charge in [-0.1, -0.05) is 17.7 Å². The number of urea groups is 1. The summed E-state index contributed by atoms with van der Waals surface area (Å²) in [6.07, 6.45) is 1.14. The Morgan fingerprint density at radius 2 is 1.61 bits per heavy atom. The second-order valence-corrected chi connectivity index (χ2v) is 8.61. The average molecular weight is 537 g/mol. The summed E-state index contributed by atoms with van der Waals surface area (Å²) in [5.41, 5.74) is 0.477. The molecule has 4 rings (SSSR count). The van der Waals surface area contributed by atoms with Crippen molar-refractivity contribution >= 4 is 52.6 Å². The highest BCUT2D eigenvalue weighted by atomic mass is 35.5. The first-order valence-electron chi connectivity index (χ1n) is 10.8. The fourth-order valence-corrected chi connectivity index (χ4v) is 3.78. The molecule has 0 aliphatic carbocycles. The van der Waals surface area contributed by atoms with Crippen molar-refractivity contribution in [3.8, 4) is 11.5 Å². The lowest BCUT2D eigenvalue weighted by atomic mass is 10.0. The SMILES string of the molecule is Cc1ccc(N2C(=O)NC(=O)/C(=C\c3cc(Cl)ccc3Oc3ccc([N+](=O)[O-])cc3[N+](=O)[O-])C2=O)cc1C. The molecule has 1 N–H and O–H groups in total. The number of aryl methyl sites for hydroxylation is 2. The lowest BCUT2D eigenvalue weighted by molar-refractivity contribution is -0.394. The zero-order valence-electron chi connectivity index (χ0n) is 19.8. The lowest BCUT2D eigenvalue weighted by Gasteiger charge is -2.27. The van der Waals surface area contributed by atoms with Gasteiger partial charge >= 0.3 is 11.7 Å². The van der Waals surface area contributed by atoms with Crippen LogP contribution in [-0.2, 0) is 9.59 Å². The quantitative estimate of drug-likeness (QED) is 0.194. The third-order valence-corrected chi connectivity index (χ3v) is 5.93. The number of non-ortho nitro benzene ring substituents is 1. The number of rotatable bonds is 6. The molecule has 3 aromatic carbocycles. The number of barbiturate groups is 1. The van der Waals surface area contributed by atoms with Crippen molar-refractivity contribution in [1.29, 1.82) is 0 Å². The first-order valence-corrected chi connectivity index (χ1v) is 11.2. The van der Waals surface area contributed by atoms with Crippen molar-refractivity contribution in [3.63, 3.8) is 0 Å². The van der Waals surface area contributed by atoms with Gasteiger partial charge in [0.2, 0.25) is 5.75 Å². The number of anilines is 1. The van der Waals surface area contributed by atoms with Gasteiger partial charge in [-0.05, 0) is 67.4 Å². The Labute approximate surface area is 219 Å². The van der Waals surface area contributed by atoms with Crippen molar-refractivity contribution in [2.45, 2.75) is 13.8 Å². The number of ether oxygens (including phenoxy) is 1. The number of nitro benzene ring substituents is 2. The fourth-order valence-electron chi connectivity index (χ4n) is 3.60. The largest absolute Gasteiger partial charge is 0.449 e. The van der Waals surface area contributed by atoms with Crippen LogP contribution in [0.3, 0.4) is 0 Å². The van der Waals surface area contributed by atoms with Gasteiger partial charge in [0.05, 0.1) is 21.6 Å². The number of hydrogen-bond acceptors (Lipinski definition) is 8. The number of nitrogens with one attached hydrogen (secondary N) is 1. The van der Waals surface area contributed by atoms with Gasteiger partial charge in [-0.15, -0.1) is 0 Å². The van der Waals surface area contributed by atoms with Gasteiger partial charge in [-0.3, -0.25) is 35.1 Å². The summed E-state index contributed by atoms with van der Waals surface area (Å²) < 4.78 is 5.67. The van der Waals surface area contributed by atoms with Gasteiger partial charge in [0.15, 0.2) is 0 Å². The predicted octanol–water partition coefficient (Wildman–Crippen LogP) is 5.23. The van der Waals surface area contributed by atoms with E-state index in [0.717, 1.165) is 40.3 Å². The van der Waals surface area contributed by atoms with Crippen LogP contribution in [0, 0.1) is 34.1 Å².